The third kappa shape index (κ3) is 11.1. The number of anilines is 1. The third-order valence-corrected chi connectivity index (χ3v) is 6.78. The first kappa shape index (κ1) is 33.7. The lowest BCUT2D eigenvalue weighted by Gasteiger charge is -2.34. The van der Waals surface area contributed by atoms with E-state index in [9.17, 15) is 14.4 Å². The van der Waals surface area contributed by atoms with E-state index in [0.29, 0.717) is 18.0 Å². The maximum Gasteiger partial charge on any atom is 0.408 e. The van der Waals surface area contributed by atoms with E-state index in [-0.39, 0.29) is 11.8 Å². The summed E-state index contributed by atoms with van der Waals surface area (Å²) in [5.41, 5.74) is 2.61. The highest BCUT2D eigenvalue weighted by Gasteiger charge is 2.35. The number of methoxy groups -OCH3 is 1. The molecular weight excluding hydrogens is 518 g/mol. The van der Waals surface area contributed by atoms with Gasteiger partial charge in [0.2, 0.25) is 5.91 Å². The summed E-state index contributed by atoms with van der Waals surface area (Å²) in [6.07, 6.45) is 5.54. The van der Waals surface area contributed by atoms with Crippen molar-refractivity contribution < 1.29 is 23.9 Å². The van der Waals surface area contributed by atoms with Gasteiger partial charge in [-0.3, -0.25) is 9.59 Å². The maximum atomic E-state index is 14.0. The normalized spacial score (nSPS) is 12.7. The van der Waals surface area contributed by atoms with Crippen LogP contribution in [-0.4, -0.2) is 48.1 Å². The van der Waals surface area contributed by atoms with Crippen molar-refractivity contribution >= 4 is 23.6 Å². The van der Waals surface area contributed by atoms with Crippen LogP contribution < -0.4 is 15.4 Å². The molecule has 8 heteroatoms. The first-order valence-electron chi connectivity index (χ1n) is 14.7. The highest BCUT2D eigenvalue weighted by Crippen LogP contribution is 2.29. The van der Waals surface area contributed by atoms with Gasteiger partial charge in [0.1, 0.15) is 23.4 Å². The minimum Gasteiger partial charge on any atom is -0.497 e. The van der Waals surface area contributed by atoms with Crippen molar-refractivity contribution in [2.24, 2.45) is 0 Å². The Morgan fingerprint density at radius 1 is 0.927 bits per heavy atom. The molecule has 0 aliphatic heterocycles. The van der Waals surface area contributed by atoms with Gasteiger partial charge in [0.15, 0.2) is 0 Å². The molecule has 0 aliphatic carbocycles. The predicted octanol–water partition coefficient (Wildman–Crippen LogP) is 7.09. The van der Waals surface area contributed by atoms with Crippen molar-refractivity contribution in [3.63, 3.8) is 0 Å². The number of hydrogen-bond donors (Lipinski definition) is 2. The van der Waals surface area contributed by atoms with Crippen molar-refractivity contribution in [3.8, 4) is 5.75 Å². The summed E-state index contributed by atoms with van der Waals surface area (Å²) in [7, 11) is 1.59. The molecule has 2 aromatic rings. The second-order valence-electron chi connectivity index (χ2n) is 11.6. The van der Waals surface area contributed by atoms with E-state index in [1.165, 1.54) is 6.42 Å². The number of carbonyl (C=O) groups excluding carboxylic acids is 3. The quantitative estimate of drug-likeness (QED) is 0.238. The van der Waals surface area contributed by atoms with Gasteiger partial charge < -0.3 is 25.0 Å². The third-order valence-electron chi connectivity index (χ3n) is 6.78. The van der Waals surface area contributed by atoms with E-state index >= 15 is 0 Å². The highest BCUT2D eigenvalue weighted by molar-refractivity contribution is 5.99. The van der Waals surface area contributed by atoms with Crippen LogP contribution in [-0.2, 0) is 14.3 Å². The lowest BCUT2D eigenvalue weighted by Crippen LogP contribution is -2.51. The number of alkyl carbamates (subject to hydrolysis) is 1. The molecule has 0 bridgehead atoms. The van der Waals surface area contributed by atoms with Gasteiger partial charge in [-0.2, -0.15) is 0 Å². The number of rotatable bonds is 14. The Hall–Kier alpha value is -3.55. The van der Waals surface area contributed by atoms with Gasteiger partial charge in [-0.25, -0.2) is 4.79 Å². The number of ether oxygens (including phenoxy) is 2. The van der Waals surface area contributed by atoms with E-state index in [1.807, 2.05) is 32.0 Å². The van der Waals surface area contributed by atoms with Crippen molar-refractivity contribution in [3.05, 3.63) is 59.2 Å². The van der Waals surface area contributed by atoms with E-state index in [4.69, 9.17) is 9.47 Å². The zero-order valence-corrected chi connectivity index (χ0v) is 26.1. The summed E-state index contributed by atoms with van der Waals surface area (Å²) in [6, 6.07) is 11.2. The molecule has 226 valence electrons. The molecule has 0 aromatic heterocycles. The number of hydrogen-bond acceptors (Lipinski definition) is 5. The number of unbranched alkanes of at least 4 members (excludes halogenated alkanes) is 5. The van der Waals surface area contributed by atoms with E-state index in [0.717, 1.165) is 48.8 Å². The highest BCUT2D eigenvalue weighted by atomic mass is 16.6. The van der Waals surface area contributed by atoms with Crippen LogP contribution in [0.5, 0.6) is 5.75 Å². The number of aryl methyl sites for hydroxylation is 2. The van der Waals surface area contributed by atoms with Crippen LogP contribution >= 0.6 is 0 Å². The first-order chi connectivity index (χ1) is 19.4. The summed E-state index contributed by atoms with van der Waals surface area (Å²) in [4.78, 5) is 42.1. The van der Waals surface area contributed by atoms with Crippen LogP contribution in [0.4, 0.5) is 10.5 Å². The molecule has 0 saturated carbocycles. The van der Waals surface area contributed by atoms with Crippen molar-refractivity contribution in [2.45, 2.75) is 105 Å². The van der Waals surface area contributed by atoms with Gasteiger partial charge in [-0.05, 0) is 83.4 Å². The fraction of sp³-hybridized carbons (Fsp3) is 0.545. The second kappa shape index (κ2) is 16.0. The van der Waals surface area contributed by atoms with Crippen molar-refractivity contribution in [1.29, 1.82) is 0 Å². The van der Waals surface area contributed by atoms with Crippen LogP contribution in [0.25, 0.3) is 0 Å². The van der Waals surface area contributed by atoms with E-state index < -0.39 is 23.8 Å². The van der Waals surface area contributed by atoms with Gasteiger partial charge in [0, 0.05) is 12.2 Å². The average molecular weight is 568 g/mol. The molecule has 41 heavy (non-hydrogen) atoms. The Labute approximate surface area is 246 Å². The molecule has 2 rings (SSSR count). The second-order valence-corrected chi connectivity index (χ2v) is 11.6. The zero-order valence-electron chi connectivity index (χ0n) is 26.1. The van der Waals surface area contributed by atoms with Gasteiger partial charge in [-0.15, -0.1) is 0 Å². The molecule has 0 heterocycles. The molecule has 2 atom stereocenters. The molecule has 2 aromatic carbocycles. The number of nitrogens with one attached hydrogen (secondary N) is 2. The predicted molar refractivity (Wildman–Crippen MR) is 164 cm³/mol. The van der Waals surface area contributed by atoms with Gasteiger partial charge in [-0.1, -0.05) is 62.8 Å². The van der Waals surface area contributed by atoms with Crippen molar-refractivity contribution in [1.82, 2.24) is 10.2 Å². The van der Waals surface area contributed by atoms with Crippen LogP contribution in [0.3, 0.4) is 0 Å². The summed E-state index contributed by atoms with van der Waals surface area (Å²) >= 11 is 0. The van der Waals surface area contributed by atoms with Gasteiger partial charge in [0.05, 0.1) is 7.11 Å². The molecular formula is C33H49N3O5. The zero-order chi connectivity index (χ0) is 30.6. The number of nitrogens with zero attached hydrogens (tertiary/aromatic N) is 1. The Kier molecular flexibility index (Phi) is 13.2. The summed E-state index contributed by atoms with van der Waals surface area (Å²) < 4.78 is 10.6. The monoisotopic (exact) mass is 567 g/mol. The average Bonchev–Trinajstić information content (AvgIpc) is 2.89. The maximum absolute atomic E-state index is 14.0. The minimum atomic E-state index is -0.899. The summed E-state index contributed by atoms with van der Waals surface area (Å²) in [6.45, 7) is 13.4. The first-order valence-corrected chi connectivity index (χ1v) is 14.7. The Morgan fingerprint density at radius 2 is 1.56 bits per heavy atom. The molecule has 0 radical (unpaired) electrons. The minimum absolute atomic E-state index is 0.328. The number of carbonyl (C=O) groups is 3. The molecule has 8 nitrogen and oxygen atoms in total. The molecule has 0 aliphatic rings. The van der Waals surface area contributed by atoms with E-state index in [2.05, 4.69) is 17.6 Å². The summed E-state index contributed by atoms with van der Waals surface area (Å²) in [5.74, 6) is 0.000964. The lowest BCUT2D eigenvalue weighted by molar-refractivity contribution is -0.140. The molecule has 0 fully saturated rings. The van der Waals surface area contributed by atoms with Crippen molar-refractivity contribution in [2.75, 3.05) is 19.0 Å². The van der Waals surface area contributed by atoms with Crippen LogP contribution in [0, 0.1) is 13.8 Å². The van der Waals surface area contributed by atoms with Crippen LogP contribution in [0.15, 0.2) is 42.5 Å². The fourth-order valence-corrected chi connectivity index (χ4v) is 4.69. The summed E-state index contributed by atoms with van der Waals surface area (Å²) in [5, 5.41) is 5.67. The number of benzene rings is 2. The molecule has 0 saturated heterocycles. The Balaban J connectivity index is 2.44. The smallest absolute Gasteiger partial charge is 0.408 e. The SMILES string of the molecule is CCCCCCCCN(C(=O)C(C)NC(=O)OC(C)(C)C)C(C(=O)Nc1ccc(OC)cc1)c1ccc(C)cc1C. The molecule has 3 amide bonds. The van der Waals surface area contributed by atoms with Crippen LogP contribution in [0.1, 0.15) is 95.9 Å². The molecule has 2 N–H and O–H groups in total. The van der Waals surface area contributed by atoms with E-state index in [1.54, 1.807) is 64.0 Å². The molecule has 0 spiro atoms. The van der Waals surface area contributed by atoms with Gasteiger partial charge in [0.25, 0.3) is 5.91 Å². The molecule has 2 unspecified atom stereocenters. The number of amides is 3. The fourth-order valence-electron chi connectivity index (χ4n) is 4.69. The Morgan fingerprint density at radius 3 is 2.15 bits per heavy atom. The lowest BCUT2D eigenvalue weighted by atomic mass is 9.96. The largest absolute Gasteiger partial charge is 0.497 e. The van der Waals surface area contributed by atoms with Gasteiger partial charge >= 0.3 is 6.09 Å². The standard InChI is InChI=1S/C33H49N3O5/c1-9-10-11-12-13-14-21-36(31(38)25(4)34-32(39)41-33(5,6)7)29(28-20-15-23(2)22-24(28)3)30(37)35-26-16-18-27(40-8)19-17-26/h15-20,22,25,29H,9-14,21H2,1-8H3,(H,34,39)(H,35,37). The topological polar surface area (TPSA) is 97.0 Å². The van der Waals surface area contributed by atoms with Crippen LogP contribution in [0.2, 0.25) is 0 Å². The Bertz CT molecular complexity index is 1140.